The van der Waals surface area contributed by atoms with Crippen molar-refractivity contribution in [2.75, 3.05) is 19.8 Å². The van der Waals surface area contributed by atoms with Gasteiger partial charge < -0.3 is 15.2 Å². The lowest BCUT2D eigenvalue weighted by Gasteiger charge is -2.27. The molecule has 1 aliphatic heterocycles. The molecule has 0 bridgehead atoms. The van der Waals surface area contributed by atoms with E-state index >= 15 is 0 Å². The molecule has 0 unspecified atom stereocenters. The Bertz CT molecular complexity index is 156. The van der Waals surface area contributed by atoms with Crippen LogP contribution in [0.4, 0.5) is 0 Å². The molecule has 0 aromatic heterocycles. The summed E-state index contributed by atoms with van der Waals surface area (Å²) in [5, 5.41) is 11.4. The predicted octanol–water partition coefficient (Wildman–Crippen LogP) is -0.480. The van der Waals surface area contributed by atoms with Crippen LogP contribution >= 0.6 is 0 Å². The Kier molecular flexibility index (Phi) is 3.49. The summed E-state index contributed by atoms with van der Waals surface area (Å²) in [4.78, 5) is 11.3. The van der Waals surface area contributed by atoms with Gasteiger partial charge in [-0.15, -0.1) is 0 Å². The molecule has 1 amide bonds. The van der Waals surface area contributed by atoms with Crippen molar-refractivity contribution in [3.8, 4) is 0 Å². The first-order valence-corrected chi connectivity index (χ1v) is 4.23. The Labute approximate surface area is 71.9 Å². The second kappa shape index (κ2) is 4.42. The molecule has 1 atom stereocenters. The van der Waals surface area contributed by atoms with Gasteiger partial charge in [-0.3, -0.25) is 4.79 Å². The second-order valence-electron chi connectivity index (χ2n) is 3.16. The summed E-state index contributed by atoms with van der Waals surface area (Å²) in [5.41, 5.74) is 0. The van der Waals surface area contributed by atoms with Crippen molar-refractivity contribution in [1.82, 2.24) is 5.32 Å². The van der Waals surface area contributed by atoms with Crippen LogP contribution in [0.3, 0.4) is 0 Å². The van der Waals surface area contributed by atoms with Crippen molar-refractivity contribution in [1.29, 1.82) is 0 Å². The maximum atomic E-state index is 11.3. The summed E-state index contributed by atoms with van der Waals surface area (Å²) in [5.74, 6) is -0.0899. The molecular weight excluding hydrogens is 158 g/mol. The van der Waals surface area contributed by atoms with Crippen molar-refractivity contribution in [2.24, 2.45) is 5.92 Å². The molecule has 0 radical (unpaired) electrons. The summed E-state index contributed by atoms with van der Waals surface area (Å²) in [6.07, 6.45) is 0.527. The minimum Gasteiger partial charge on any atom is -0.396 e. The molecule has 4 heteroatoms. The summed E-state index contributed by atoms with van der Waals surface area (Å²) < 4.78 is 4.91. The zero-order chi connectivity index (χ0) is 8.97. The largest absolute Gasteiger partial charge is 0.396 e. The number of hydrogen-bond donors (Lipinski definition) is 2. The fourth-order valence-corrected chi connectivity index (χ4v) is 0.987. The highest BCUT2D eigenvalue weighted by Gasteiger charge is 2.22. The van der Waals surface area contributed by atoms with Gasteiger partial charge in [0.25, 0.3) is 0 Å². The molecule has 1 heterocycles. The van der Waals surface area contributed by atoms with E-state index in [0.29, 0.717) is 19.6 Å². The van der Waals surface area contributed by atoms with Crippen LogP contribution in [0.2, 0.25) is 0 Å². The van der Waals surface area contributed by atoms with E-state index in [2.05, 4.69) is 5.32 Å². The molecule has 0 spiro atoms. The van der Waals surface area contributed by atoms with Crippen LogP contribution in [0, 0.1) is 5.92 Å². The molecule has 2 N–H and O–H groups in total. The first-order chi connectivity index (χ1) is 5.74. The Morgan fingerprint density at radius 3 is 2.83 bits per heavy atom. The summed E-state index contributed by atoms with van der Waals surface area (Å²) in [6, 6.07) is 0.193. The Balaban J connectivity index is 2.16. The van der Waals surface area contributed by atoms with E-state index in [0.717, 1.165) is 0 Å². The van der Waals surface area contributed by atoms with Crippen LogP contribution < -0.4 is 5.32 Å². The van der Waals surface area contributed by atoms with Gasteiger partial charge in [-0.1, -0.05) is 6.92 Å². The number of carbonyl (C=O) groups is 1. The molecule has 1 fully saturated rings. The first kappa shape index (κ1) is 9.48. The quantitative estimate of drug-likeness (QED) is 0.603. The van der Waals surface area contributed by atoms with Gasteiger partial charge in [0.15, 0.2) is 0 Å². The van der Waals surface area contributed by atoms with Crippen LogP contribution in [0.25, 0.3) is 0 Å². The summed E-state index contributed by atoms with van der Waals surface area (Å²) in [6.45, 7) is 3.12. The number of hydrogen-bond acceptors (Lipinski definition) is 3. The van der Waals surface area contributed by atoms with E-state index in [4.69, 9.17) is 9.84 Å². The molecule has 1 rings (SSSR count). The molecule has 0 aromatic rings. The molecule has 4 nitrogen and oxygen atoms in total. The number of aliphatic hydroxyl groups is 1. The maximum Gasteiger partial charge on any atom is 0.223 e. The van der Waals surface area contributed by atoms with Gasteiger partial charge in [0.05, 0.1) is 19.3 Å². The maximum absolute atomic E-state index is 11.3. The molecule has 1 aliphatic rings. The summed E-state index contributed by atoms with van der Waals surface area (Å²) in [7, 11) is 0. The van der Waals surface area contributed by atoms with E-state index in [-0.39, 0.29) is 24.5 Å². The molecule has 0 saturated carbocycles. The number of carbonyl (C=O) groups excluding carboxylic acids is 1. The summed E-state index contributed by atoms with van der Waals surface area (Å²) >= 11 is 0. The number of nitrogens with one attached hydrogen (secondary N) is 1. The third-order valence-corrected chi connectivity index (χ3v) is 1.99. The van der Waals surface area contributed by atoms with Gasteiger partial charge in [-0.25, -0.2) is 0 Å². The van der Waals surface area contributed by atoms with Crippen molar-refractivity contribution in [3.63, 3.8) is 0 Å². The zero-order valence-electron chi connectivity index (χ0n) is 7.25. The minimum atomic E-state index is -0.101. The van der Waals surface area contributed by atoms with E-state index in [1.165, 1.54) is 0 Å². The standard InChI is InChI=1S/C8H15NO3/c1-6(2-3-10)8(11)9-7-4-12-5-7/h6-7,10H,2-5H2,1H3,(H,9,11)/t6-/m0/s1. The van der Waals surface area contributed by atoms with Gasteiger partial charge in [-0.05, 0) is 6.42 Å². The van der Waals surface area contributed by atoms with Gasteiger partial charge in [0, 0.05) is 12.5 Å². The molecule has 12 heavy (non-hydrogen) atoms. The van der Waals surface area contributed by atoms with Crippen LogP contribution in [0.1, 0.15) is 13.3 Å². The topological polar surface area (TPSA) is 58.6 Å². The van der Waals surface area contributed by atoms with Crippen LogP contribution in [-0.2, 0) is 9.53 Å². The Hall–Kier alpha value is -0.610. The average Bonchev–Trinajstić information content (AvgIpc) is 1.97. The number of ether oxygens (including phenoxy) is 1. The van der Waals surface area contributed by atoms with Crippen molar-refractivity contribution >= 4 is 5.91 Å². The monoisotopic (exact) mass is 173 g/mol. The molecular formula is C8H15NO3. The average molecular weight is 173 g/mol. The van der Waals surface area contributed by atoms with E-state index in [9.17, 15) is 4.79 Å². The third kappa shape index (κ3) is 2.46. The third-order valence-electron chi connectivity index (χ3n) is 1.99. The fraction of sp³-hybridized carbons (Fsp3) is 0.875. The van der Waals surface area contributed by atoms with Gasteiger partial charge >= 0.3 is 0 Å². The number of aliphatic hydroxyl groups excluding tert-OH is 1. The first-order valence-electron chi connectivity index (χ1n) is 4.23. The normalized spacial score (nSPS) is 19.8. The number of rotatable bonds is 4. The van der Waals surface area contributed by atoms with Crippen LogP contribution in [0.5, 0.6) is 0 Å². The molecule has 70 valence electrons. The Morgan fingerprint density at radius 1 is 1.75 bits per heavy atom. The van der Waals surface area contributed by atoms with E-state index < -0.39 is 0 Å². The highest BCUT2D eigenvalue weighted by atomic mass is 16.5. The van der Waals surface area contributed by atoms with Crippen molar-refractivity contribution in [3.05, 3.63) is 0 Å². The lowest BCUT2D eigenvalue weighted by Crippen LogP contribution is -2.50. The zero-order valence-corrected chi connectivity index (χ0v) is 7.25. The van der Waals surface area contributed by atoms with Crippen LogP contribution in [-0.4, -0.2) is 36.9 Å². The SMILES string of the molecule is C[C@@H](CCO)C(=O)NC1COC1. The second-order valence-corrected chi connectivity index (χ2v) is 3.16. The van der Waals surface area contributed by atoms with Crippen molar-refractivity contribution in [2.45, 2.75) is 19.4 Å². The lowest BCUT2D eigenvalue weighted by atomic mass is 10.1. The van der Waals surface area contributed by atoms with Gasteiger partial charge in [0.1, 0.15) is 0 Å². The van der Waals surface area contributed by atoms with Gasteiger partial charge in [0.2, 0.25) is 5.91 Å². The Morgan fingerprint density at radius 2 is 2.42 bits per heavy atom. The fourth-order valence-electron chi connectivity index (χ4n) is 0.987. The lowest BCUT2D eigenvalue weighted by molar-refractivity contribution is -0.129. The molecule has 1 saturated heterocycles. The van der Waals surface area contributed by atoms with E-state index in [1.54, 1.807) is 0 Å². The van der Waals surface area contributed by atoms with Gasteiger partial charge in [-0.2, -0.15) is 0 Å². The molecule has 0 aromatic carbocycles. The highest BCUT2D eigenvalue weighted by Crippen LogP contribution is 2.04. The number of amides is 1. The highest BCUT2D eigenvalue weighted by molar-refractivity contribution is 5.78. The van der Waals surface area contributed by atoms with Crippen LogP contribution in [0.15, 0.2) is 0 Å². The smallest absolute Gasteiger partial charge is 0.223 e. The predicted molar refractivity (Wildman–Crippen MR) is 43.6 cm³/mol. The van der Waals surface area contributed by atoms with E-state index in [1.807, 2.05) is 6.92 Å². The molecule has 0 aliphatic carbocycles. The van der Waals surface area contributed by atoms with Crippen molar-refractivity contribution < 1.29 is 14.6 Å². The minimum absolute atomic E-state index is 0.0114.